The predicted molar refractivity (Wildman–Crippen MR) is 103 cm³/mol. The zero-order chi connectivity index (χ0) is 19.0. The Kier molecular flexibility index (Phi) is 7.50. The van der Waals surface area contributed by atoms with Crippen molar-refractivity contribution < 1.29 is 17.9 Å². The molecule has 0 radical (unpaired) electrons. The molecule has 0 atom stereocenters. The van der Waals surface area contributed by atoms with E-state index in [-0.39, 0.29) is 18.8 Å². The monoisotopic (exact) mass is 394 g/mol. The van der Waals surface area contributed by atoms with Crippen molar-refractivity contribution >= 4 is 33.4 Å². The molecule has 0 N–H and O–H groups in total. The summed E-state index contributed by atoms with van der Waals surface area (Å²) in [5.41, 5.74) is 1.02. The third-order valence-electron chi connectivity index (χ3n) is 3.41. The summed E-state index contributed by atoms with van der Waals surface area (Å²) >= 11 is 1.25. The standard InChI is InChI=1S/C18H22N2O4S2/c1-3-11-20(13-17-19-16(14-25-17)18(21)24-4-2)26(22,23)12-10-15-8-6-5-7-9-15/h5-10,12,14H,3-4,11,13H2,1-2H3/b12-10+. The topological polar surface area (TPSA) is 76.6 Å². The number of carbonyl (C=O) groups excluding carboxylic acids is 1. The van der Waals surface area contributed by atoms with Crippen LogP contribution in [0.4, 0.5) is 0 Å². The summed E-state index contributed by atoms with van der Waals surface area (Å²) in [5.74, 6) is -0.496. The molecule has 26 heavy (non-hydrogen) atoms. The molecule has 6 nitrogen and oxygen atoms in total. The minimum absolute atomic E-state index is 0.124. The van der Waals surface area contributed by atoms with Gasteiger partial charge in [-0.05, 0) is 25.0 Å². The van der Waals surface area contributed by atoms with Gasteiger partial charge in [0, 0.05) is 17.3 Å². The van der Waals surface area contributed by atoms with Gasteiger partial charge < -0.3 is 4.74 Å². The molecule has 1 aromatic heterocycles. The normalized spacial score (nSPS) is 12.0. The molecule has 0 aliphatic rings. The van der Waals surface area contributed by atoms with Gasteiger partial charge in [-0.2, -0.15) is 4.31 Å². The Bertz CT molecular complexity index is 845. The van der Waals surface area contributed by atoms with E-state index in [1.54, 1.807) is 18.4 Å². The van der Waals surface area contributed by atoms with Gasteiger partial charge in [0.1, 0.15) is 5.01 Å². The number of carbonyl (C=O) groups is 1. The Morgan fingerprint density at radius 3 is 2.65 bits per heavy atom. The van der Waals surface area contributed by atoms with E-state index in [4.69, 9.17) is 4.74 Å². The van der Waals surface area contributed by atoms with Crippen LogP contribution in [0.15, 0.2) is 41.1 Å². The second kappa shape index (κ2) is 9.61. The van der Waals surface area contributed by atoms with Crippen molar-refractivity contribution in [2.24, 2.45) is 0 Å². The molecule has 0 amide bonds. The molecule has 140 valence electrons. The van der Waals surface area contributed by atoms with Crippen LogP contribution in [0.3, 0.4) is 0 Å². The highest BCUT2D eigenvalue weighted by atomic mass is 32.2. The largest absolute Gasteiger partial charge is 0.461 e. The lowest BCUT2D eigenvalue weighted by Gasteiger charge is -2.18. The summed E-state index contributed by atoms with van der Waals surface area (Å²) in [7, 11) is -3.60. The first-order chi connectivity index (χ1) is 12.5. The molecule has 0 unspecified atom stereocenters. The summed E-state index contributed by atoms with van der Waals surface area (Å²) in [6, 6.07) is 9.25. The van der Waals surface area contributed by atoms with Gasteiger partial charge in [-0.3, -0.25) is 0 Å². The van der Waals surface area contributed by atoms with Crippen LogP contribution in [0, 0.1) is 0 Å². The van der Waals surface area contributed by atoms with Crippen LogP contribution in [0.1, 0.15) is 41.3 Å². The van der Waals surface area contributed by atoms with Crippen molar-refractivity contribution in [2.75, 3.05) is 13.2 Å². The van der Waals surface area contributed by atoms with Crippen LogP contribution in [0.2, 0.25) is 0 Å². The molecular formula is C18H22N2O4S2. The van der Waals surface area contributed by atoms with Crippen LogP contribution in [-0.2, 0) is 21.3 Å². The summed E-state index contributed by atoms with van der Waals surface area (Å²) in [6.07, 6.45) is 2.25. The van der Waals surface area contributed by atoms with Crippen molar-refractivity contribution in [2.45, 2.75) is 26.8 Å². The molecule has 0 aliphatic heterocycles. The third kappa shape index (κ3) is 5.76. The molecule has 0 saturated carbocycles. The smallest absolute Gasteiger partial charge is 0.357 e. The van der Waals surface area contributed by atoms with Crippen molar-refractivity contribution in [3.05, 3.63) is 57.4 Å². The number of hydrogen-bond donors (Lipinski definition) is 0. The van der Waals surface area contributed by atoms with Gasteiger partial charge in [-0.25, -0.2) is 18.2 Å². The van der Waals surface area contributed by atoms with E-state index >= 15 is 0 Å². The van der Waals surface area contributed by atoms with E-state index in [2.05, 4.69) is 4.98 Å². The minimum Gasteiger partial charge on any atom is -0.461 e. The fourth-order valence-corrected chi connectivity index (χ4v) is 4.29. The maximum Gasteiger partial charge on any atom is 0.357 e. The van der Waals surface area contributed by atoms with Gasteiger partial charge in [0.05, 0.1) is 13.2 Å². The van der Waals surface area contributed by atoms with Gasteiger partial charge in [-0.1, -0.05) is 37.3 Å². The Labute approximate surface area is 158 Å². The molecular weight excluding hydrogens is 372 g/mol. The number of ether oxygens (including phenoxy) is 1. The number of hydrogen-bond acceptors (Lipinski definition) is 6. The fraction of sp³-hybridized carbons (Fsp3) is 0.333. The van der Waals surface area contributed by atoms with E-state index in [1.807, 2.05) is 37.3 Å². The molecule has 1 heterocycles. The number of thiazole rings is 1. The minimum atomic E-state index is -3.60. The van der Waals surface area contributed by atoms with Crippen molar-refractivity contribution in [1.29, 1.82) is 0 Å². The number of esters is 1. The van der Waals surface area contributed by atoms with Crippen LogP contribution in [0.25, 0.3) is 6.08 Å². The lowest BCUT2D eigenvalue weighted by Crippen LogP contribution is -2.29. The van der Waals surface area contributed by atoms with Crippen LogP contribution >= 0.6 is 11.3 Å². The van der Waals surface area contributed by atoms with E-state index in [0.29, 0.717) is 18.0 Å². The average molecular weight is 395 g/mol. The SMILES string of the molecule is CCCN(Cc1nc(C(=O)OCC)cs1)S(=O)(=O)/C=C/c1ccccc1. The molecule has 8 heteroatoms. The lowest BCUT2D eigenvalue weighted by atomic mass is 10.2. The Morgan fingerprint density at radius 1 is 1.27 bits per heavy atom. The molecule has 0 bridgehead atoms. The van der Waals surface area contributed by atoms with Gasteiger partial charge >= 0.3 is 5.97 Å². The first-order valence-corrected chi connectivity index (χ1v) is 10.7. The number of benzene rings is 1. The van der Waals surface area contributed by atoms with Crippen LogP contribution in [-0.4, -0.2) is 36.8 Å². The van der Waals surface area contributed by atoms with Crippen molar-refractivity contribution in [3.63, 3.8) is 0 Å². The van der Waals surface area contributed by atoms with E-state index in [0.717, 1.165) is 5.56 Å². The first-order valence-electron chi connectivity index (χ1n) is 8.31. The highest BCUT2D eigenvalue weighted by Gasteiger charge is 2.21. The third-order valence-corrected chi connectivity index (χ3v) is 5.76. The van der Waals surface area contributed by atoms with E-state index < -0.39 is 16.0 Å². The van der Waals surface area contributed by atoms with Gasteiger partial charge in [0.15, 0.2) is 5.69 Å². The second-order valence-electron chi connectivity index (χ2n) is 5.44. The molecule has 0 aliphatic carbocycles. The van der Waals surface area contributed by atoms with Crippen LogP contribution in [0.5, 0.6) is 0 Å². The summed E-state index contributed by atoms with van der Waals surface area (Å²) in [6.45, 7) is 4.40. The van der Waals surface area contributed by atoms with Gasteiger partial charge in [0.25, 0.3) is 0 Å². The average Bonchev–Trinajstić information content (AvgIpc) is 3.10. The molecule has 2 aromatic rings. The van der Waals surface area contributed by atoms with Gasteiger partial charge in [0.2, 0.25) is 10.0 Å². The number of rotatable bonds is 9. The zero-order valence-corrected chi connectivity index (χ0v) is 16.4. The lowest BCUT2D eigenvalue weighted by molar-refractivity contribution is 0.0520. The fourth-order valence-electron chi connectivity index (χ4n) is 2.19. The summed E-state index contributed by atoms with van der Waals surface area (Å²) < 4.78 is 31.6. The number of sulfonamides is 1. The quantitative estimate of drug-likeness (QED) is 0.608. The highest BCUT2D eigenvalue weighted by Crippen LogP contribution is 2.17. The highest BCUT2D eigenvalue weighted by molar-refractivity contribution is 7.92. The van der Waals surface area contributed by atoms with Crippen molar-refractivity contribution in [3.8, 4) is 0 Å². The maximum atomic E-state index is 12.7. The molecule has 1 aromatic carbocycles. The maximum absolute atomic E-state index is 12.7. The first kappa shape index (κ1) is 20.3. The number of nitrogens with zero attached hydrogens (tertiary/aromatic N) is 2. The molecule has 0 saturated heterocycles. The number of aromatic nitrogens is 1. The van der Waals surface area contributed by atoms with E-state index in [1.165, 1.54) is 21.1 Å². The Morgan fingerprint density at radius 2 is 2.00 bits per heavy atom. The predicted octanol–water partition coefficient (Wildman–Crippen LogP) is 3.53. The van der Waals surface area contributed by atoms with Crippen LogP contribution < -0.4 is 0 Å². The van der Waals surface area contributed by atoms with Crippen molar-refractivity contribution in [1.82, 2.24) is 9.29 Å². The van der Waals surface area contributed by atoms with E-state index in [9.17, 15) is 13.2 Å². The Hall–Kier alpha value is -2.03. The second-order valence-corrected chi connectivity index (χ2v) is 8.20. The summed E-state index contributed by atoms with van der Waals surface area (Å²) in [4.78, 5) is 15.9. The van der Waals surface area contributed by atoms with Gasteiger partial charge in [-0.15, -0.1) is 11.3 Å². The molecule has 2 rings (SSSR count). The molecule has 0 fully saturated rings. The molecule has 0 spiro atoms. The Balaban J connectivity index is 2.14. The summed E-state index contributed by atoms with van der Waals surface area (Å²) in [5, 5.41) is 3.35. The zero-order valence-electron chi connectivity index (χ0n) is 14.8.